The maximum Gasteiger partial charge on any atom is 0.271 e. The van der Waals surface area contributed by atoms with Gasteiger partial charge in [0.1, 0.15) is 5.75 Å². The van der Waals surface area contributed by atoms with Crippen LogP contribution in [0.2, 0.25) is 0 Å². The van der Waals surface area contributed by atoms with E-state index in [2.05, 4.69) is 10.2 Å². The number of hydrogen-bond acceptors (Lipinski definition) is 2. The summed E-state index contributed by atoms with van der Waals surface area (Å²) in [5.41, 5.74) is 1.33. The van der Waals surface area contributed by atoms with E-state index in [1.807, 2.05) is 24.3 Å². The van der Waals surface area contributed by atoms with Crippen LogP contribution >= 0.6 is 0 Å². The first-order chi connectivity index (χ1) is 6.81. The molecule has 0 aliphatic rings. The summed E-state index contributed by atoms with van der Waals surface area (Å²) in [4.78, 5) is 11.3. The molecule has 0 aliphatic carbocycles. The van der Waals surface area contributed by atoms with Crippen molar-refractivity contribution >= 4 is 0 Å². The lowest BCUT2D eigenvalue weighted by molar-refractivity contribution is 0.415. The number of hydrogen-bond donors (Lipinski definition) is 2. The highest BCUT2D eigenvalue weighted by molar-refractivity contribution is 5.63. The first-order valence-electron chi connectivity index (χ1n) is 4.22. The molecular formula is C10H10N2O2. The van der Waals surface area contributed by atoms with Gasteiger partial charge in [-0.25, -0.2) is 0 Å². The lowest BCUT2D eigenvalue weighted by Gasteiger charge is -2.00. The Balaban J connectivity index is 2.52. The number of methoxy groups -OCH3 is 1. The van der Waals surface area contributed by atoms with Gasteiger partial charge >= 0.3 is 0 Å². The van der Waals surface area contributed by atoms with Gasteiger partial charge in [-0.3, -0.25) is 9.89 Å². The Bertz CT molecular complexity index is 485. The minimum Gasteiger partial charge on any atom is -0.497 e. The molecule has 0 radical (unpaired) electrons. The summed E-state index contributed by atoms with van der Waals surface area (Å²) in [6.07, 6.45) is 1.64. The molecule has 2 rings (SSSR count). The number of aromatic nitrogens is 2. The average molecular weight is 190 g/mol. The van der Waals surface area contributed by atoms with Crippen LogP contribution in [0, 0.1) is 0 Å². The summed E-state index contributed by atoms with van der Waals surface area (Å²) in [6, 6.07) is 7.37. The highest BCUT2D eigenvalue weighted by Crippen LogP contribution is 2.19. The summed E-state index contributed by atoms with van der Waals surface area (Å²) < 4.78 is 5.07. The summed E-state index contributed by atoms with van der Waals surface area (Å²) in [5.74, 6) is 0.739. The zero-order valence-electron chi connectivity index (χ0n) is 7.70. The van der Waals surface area contributed by atoms with Crippen LogP contribution in [0.5, 0.6) is 5.75 Å². The Hall–Kier alpha value is -1.97. The summed E-state index contributed by atoms with van der Waals surface area (Å²) in [5, 5.41) is 5.14. The molecule has 14 heavy (non-hydrogen) atoms. The molecule has 0 amide bonds. The fourth-order valence-electron chi connectivity index (χ4n) is 1.31. The normalized spacial score (nSPS) is 10.1. The third-order valence-electron chi connectivity index (χ3n) is 2.03. The van der Waals surface area contributed by atoms with Gasteiger partial charge in [-0.2, -0.15) is 0 Å². The van der Waals surface area contributed by atoms with E-state index in [9.17, 15) is 4.79 Å². The molecular weight excluding hydrogens is 180 g/mol. The lowest BCUT2D eigenvalue weighted by Crippen LogP contribution is -2.01. The number of ether oxygens (including phenoxy) is 1. The number of nitrogens with one attached hydrogen (secondary N) is 2. The quantitative estimate of drug-likeness (QED) is 0.751. The molecule has 2 N–H and O–H groups in total. The molecule has 0 atom stereocenters. The van der Waals surface area contributed by atoms with Crippen LogP contribution in [0.3, 0.4) is 0 Å². The molecule has 0 fully saturated rings. The fourth-order valence-corrected chi connectivity index (χ4v) is 1.31. The third kappa shape index (κ3) is 1.42. The lowest BCUT2D eigenvalue weighted by atomic mass is 10.1. The van der Waals surface area contributed by atoms with Crippen LogP contribution in [0.4, 0.5) is 0 Å². The van der Waals surface area contributed by atoms with Crippen molar-refractivity contribution in [2.24, 2.45) is 0 Å². The molecule has 4 nitrogen and oxygen atoms in total. The summed E-state index contributed by atoms with van der Waals surface area (Å²) in [6.45, 7) is 0. The minimum absolute atomic E-state index is 0.127. The Morgan fingerprint density at radius 1 is 1.36 bits per heavy atom. The minimum atomic E-state index is -0.127. The van der Waals surface area contributed by atoms with Crippen LogP contribution in [-0.4, -0.2) is 17.3 Å². The monoisotopic (exact) mass is 190 g/mol. The van der Waals surface area contributed by atoms with Crippen LogP contribution in [0.15, 0.2) is 35.3 Å². The first-order valence-corrected chi connectivity index (χ1v) is 4.22. The van der Waals surface area contributed by atoms with Crippen molar-refractivity contribution in [3.8, 4) is 16.9 Å². The van der Waals surface area contributed by atoms with Crippen molar-refractivity contribution in [3.05, 3.63) is 40.8 Å². The fraction of sp³-hybridized carbons (Fsp3) is 0.100. The molecule has 2 aromatic rings. The van der Waals surface area contributed by atoms with Gasteiger partial charge in [-0.15, -0.1) is 0 Å². The number of aromatic amines is 2. The maximum absolute atomic E-state index is 11.3. The van der Waals surface area contributed by atoms with E-state index < -0.39 is 0 Å². The van der Waals surface area contributed by atoms with Gasteiger partial charge in [-0.05, 0) is 17.7 Å². The molecule has 0 aliphatic heterocycles. The first kappa shape index (κ1) is 8.62. The van der Waals surface area contributed by atoms with Crippen molar-refractivity contribution in [2.75, 3.05) is 7.11 Å². The van der Waals surface area contributed by atoms with Crippen molar-refractivity contribution in [1.29, 1.82) is 0 Å². The van der Waals surface area contributed by atoms with Gasteiger partial charge in [0.05, 0.1) is 12.7 Å². The van der Waals surface area contributed by atoms with Gasteiger partial charge in [0.25, 0.3) is 5.56 Å². The second-order valence-corrected chi connectivity index (χ2v) is 2.89. The largest absolute Gasteiger partial charge is 0.497 e. The molecule has 1 heterocycles. The van der Waals surface area contributed by atoms with E-state index in [-0.39, 0.29) is 5.56 Å². The van der Waals surface area contributed by atoms with E-state index >= 15 is 0 Å². The molecule has 0 saturated heterocycles. The Kier molecular flexibility index (Phi) is 2.10. The second-order valence-electron chi connectivity index (χ2n) is 2.89. The van der Waals surface area contributed by atoms with E-state index in [1.54, 1.807) is 13.3 Å². The summed E-state index contributed by atoms with van der Waals surface area (Å²) >= 11 is 0. The molecule has 72 valence electrons. The zero-order chi connectivity index (χ0) is 9.97. The third-order valence-corrected chi connectivity index (χ3v) is 2.03. The standard InChI is InChI=1S/C10H10N2O2/c1-14-8-4-2-3-7(5-8)9-6-11-12-10(9)13/h2-6H,1H3,(H2,11,12,13). The van der Waals surface area contributed by atoms with Gasteiger partial charge in [0, 0.05) is 6.20 Å². The van der Waals surface area contributed by atoms with Crippen molar-refractivity contribution in [3.63, 3.8) is 0 Å². The predicted octanol–water partition coefficient (Wildman–Crippen LogP) is 1.38. The Labute approximate surface area is 80.5 Å². The topological polar surface area (TPSA) is 57.9 Å². The van der Waals surface area contributed by atoms with E-state index in [0.717, 1.165) is 11.3 Å². The van der Waals surface area contributed by atoms with Crippen molar-refractivity contribution < 1.29 is 4.74 Å². The van der Waals surface area contributed by atoms with Crippen molar-refractivity contribution in [2.45, 2.75) is 0 Å². The Morgan fingerprint density at radius 2 is 2.21 bits per heavy atom. The van der Waals surface area contributed by atoms with Gasteiger partial charge in [0.15, 0.2) is 0 Å². The van der Waals surface area contributed by atoms with Gasteiger partial charge < -0.3 is 9.84 Å². The van der Waals surface area contributed by atoms with Crippen molar-refractivity contribution in [1.82, 2.24) is 10.2 Å². The van der Waals surface area contributed by atoms with Gasteiger partial charge in [-0.1, -0.05) is 12.1 Å². The molecule has 1 aromatic heterocycles. The summed E-state index contributed by atoms with van der Waals surface area (Å²) in [7, 11) is 1.60. The van der Waals surface area contributed by atoms with E-state index in [4.69, 9.17) is 4.74 Å². The Morgan fingerprint density at radius 3 is 2.86 bits per heavy atom. The van der Waals surface area contributed by atoms with Crippen LogP contribution in [-0.2, 0) is 0 Å². The van der Waals surface area contributed by atoms with E-state index in [1.165, 1.54) is 0 Å². The molecule has 0 saturated carbocycles. The average Bonchev–Trinajstić information content (AvgIpc) is 2.65. The SMILES string of the molecule is COc1cccc(-c2c[nH][nH]c2=O)c1. The molecule has 4 heteroatoms. The zero-order valence-corrected chi connectivity index (χ0v) is 7.70. The van der Waals surface area contributed by atoms with Gasteiger partial charge in [0.2, 0.25) is 0 Å². The number of rotatable bonds is 2. The molecule has 0 spiro atoms. The van der Waals surface area contributed by atoms with Crippen LogP contribution < -0.4 is 10.3 Å². The predicted molar refractivity (Wildman–Crippen MR) is 53.4 cm³/mol. The molecule has 0 bridgehead atoms. The molecule has 0 unspecified atom stereocenters. The highest BCUT2D eigenvalue weighted by Gasteiger charge is 2.03. The maximum atomic E-state index is 11.3. The highest BCUT2D eigenvalue weighted by atomic mass is 16.5. The number of benzene rings is 1. The smallest absolute Gasteiger partial charge is 0.271 e. The van der Waals surface area contributed by atoms with E-state index in [0.29, 0.717) is 5.56 Å². The number of H-pyrrole nitrogens is 2. The van der Waals surface area contributed by atoms with Crippen LogP contribution in [0.1, 0.15) is 0 Å². The molecule has 1 aromatic carbocycles. The van der Waals surface area contributed by atoms with Crippen LogP contribution in [0.25, 0.3) is 11.1 Å². The second kappa shape index (κ2) is 3.41.